The first-order valence-electron chi connectivity index (χ1n) is 9.11. The molecule has 2 aromatic heterocycles. The number of amides is 1. The van der Waals surface area contributed by atoms with E-state index in [1.165, 1.54) is 6.07 Å². The van der Waals surface area contributed by atoms with E-state index in [0.29, 0.717) is 37.1 Å². The zero-order chi connectivity index (χ0) is 18.8. The lowest BCUT2D eigenvalue weighted by atomic mass is 10.0. The fraction of sp³-hybridized carbons (Fsp3) is 0.368. The zero-order valence-electron chi connectivity index (χ0n) is 15.2. The van der Waals surface area contributed by atoms with Crippen molar-refractivity contribution in [2.24, 2.45) is 0 Å². The Kier molecular flexibility index (Phi) is 4.70. The van der Waals surface area contributed by atoms with Gasteiger partial charge in [0, 0.05) is 26.2 Å². The van der Waals surface area contributed by atoms with Gasteiger partial charge in [-0.25, -0.2) is 4.39 Å². The van der Waals surface area contributed by atoms with E-state index in [-0.39, 0.29) is 11.7 Å². The smallest absolute Gasteiger partial charge is 0.227 e. The van der Waals surface area contributed by atoms with Gasteiger partial charge < -0.3 is 9.80 Å². The molecule has 0 N–H and O–H groups in total. The molecule has 3 heterocycles. The van der Waals surface area contributed by atoms with Crippen molar-refractivity contribution in [2.45, 2.75) is 19.8 Å². The normalized spacial score (nSPS) is 14.7. The number of piperazine rings is 1. The molecule has 1 aliphatic heterocycles. The van der Waals surface area contributed by atoms with Gasteiger partial charge in [0.2, 0.25) is 5.91 Å². The average molecular weight is 368 g/mol. The summed E-state index contributed by atoms with van der Waals surface area (Å²) >= 11 is 0. The van der Waals surface area contributed by atoms with Crippen LogP contribution >= 0.6 is 0 Å². The fourth-order valence-electron chi connectivity index (χ4n) is 3.37. The van der Waals surface area contributed by atoms with E-state index in [4.69, 9.17) is 0 Å². The highest BCUT2D eigenvalue weighted by Crippen LogP contribution is 2.16. The Morgan fingerprint density at radius 1 is 1.15 bits per heavy atom. The first kappa shape index (κ1) is 17.4. The second-order valence-electron chi connectivity index (χ2n) is 6.65. The first-order valence-corrected chi connectivity index (χ1v) is 9.11. The quantitative estimate of drug-likeness (QED) is 0.702. The Hall–Kier alpha value is -3.03. The molecule has 27 heavy (non-hydrogen) atoms. The number of aryl methyl sites for hydroxylation is 1. The number of hydrogen-bond acceptors (Lipinski definition) is 5. The van der Waals surface area contributed by atoms with Crippen LogP contribution in [0.4, 0.5) is 10.2 Å². The molecular formula is C19H21FN6O. The van der Waals surface area contributed by atoms with Crippen LogP contribution in [0.5, 0.6) is 0 Å². The molecule has 1 saturated heterocycles. The van der Waals surface area contributed by atoms with Crippen LogP contribution in [0.2, 0.25) is 0 Å². The Labute approximate surface area is 156 Å². The summed E-state index contributed by atoms with van der Waals surface area (Å²) in [6, 6.07) is 8.74. The number of benzene rings is 1. The van der Waals surface area contributed by atoms with Crippen LogP contribution in [0.15, 0.2) is 36.7 Å². The van der Waals surface area contributed by atoms with Gasteiger partial charge in [0.25, 0.3) is 0 Å². The molecule has 1 amide bonds. The van der Waals surface area contributed by atoms with E-state index in [0.717, 1.165) is 24.5 Å². The van der Waals surface area contributed by atoms with Crippen molar-refractivity contribution in [2.75, 3.05) is 31.1 Å². The van der Waals surface area contributed by atoms with Crippen molar-refractivity contribution in [1.82, 2.24) is 24.7 Å². The van der Waals surface area contributed by atoms with Gasteiger partial charge in [-0.1, -0.05) is 19.1 Å². The van der Waals surface area contributed by atoms with Crippen LogP contribution in [-0.2, 0) is 17.6 Å². The van der Waals surface area contributed by atoms with E-state index in [1.54, 1.807) is 23.0 Å². The maximum atomic E-state index is 13.6. The van der Waals surface area contributed by atoms with Crippen molar-refractivity contribution >= 4 is 17.4 Å². The molecule has 0 unspecified atom stereocenters. The minimum Gasteiger partial charge on any atom is -0.352 e. The third-order valence-corrected chi connectivity index (χ3v) is 4.95. The predicted octanol–water partition coefficient (Wildman–Crippen LogP) is 1.72. The number of hydrogen-bond donors (Lipinski definition) is 0. The van der Waals surface area contributed by atoms with Crippen molar-refractivity contribution in [3.63, 3.8) is 0 Å². The molecule has 3 aromatic rings. The minimum absolute atomic E-state index is 0.0746. The van der Waals surface area contributed by atoms with Gasteiger partial charge in [-0.15, -0.1) is 15.3 Å². The molecule has 8 heteroatoms. The molecule has 1 fully saturated rings. The maximum Gasteiger partial charge on any atom is 0.227 e. The Morgan fingerprint density at radius 3 is 2.74 bits per heavy atom. The van der Waals surface area contributed by atoms with Crippen LogP contribution in [0, 0.1) is 5.82 Å². The van der Waals surface area contributed by atoms with E-state index >= 15 is 0 Å². The number of carbonyl (C=O) groups is 1. The summed E-state index contributed by atoms with van der Waals surface area (Å²) in [4.78, 5) is 16.6. The molecule has 0 aliphatic carbocycles. The molecule has 0 radical (unpaired) electrons. The Bertz CT molecular complexity index is 964. The Morgan fingerprint density at radius 2 is 1.96 bits per heavy atom. The lowest BCUT2D eigenvalue weighted by Gasteiger charge is -2.35. The van der Waals surface area contributed by atoms with Gasteiger partial charge in [0.05, 0.1) is 6.42 Å². The van der Waals surface area contributed by atoms with Gasteiger partial charge >= 0.3 is 0 Å². The molecule has 140 valence electrons. The molecular weight excluding hydrogens is 347 g/mol. The molecule has 4 rings (SSSR count). The maximum absolute atomic E-state index is 13.6. The second-order valence-corrected chi connectivity index (χ2v) is 6.65. The number of fused-ring (bicyclic) bond motifs is 1. The molecule has 0 atom stereocenters. The fourth-order valence-corrected chi connectivity index (χ4v) is 3.37. The highest BCUT2D eigenvalue weighted by atomic mass is 19.1. The van der Waals surface area contributed by atoms with Gasteiger partial charge in [-0.2, -0.15) is 4.52 Å². The molecule has 0 saturated carbocycles. The number of halogens is 1. The third kappa shape index (κ3) is 3.60. The summed E-state index contributed by atoms with van der Waals surface area (Å²) in [6.07, 6.45) is 2.50. The van der Waals surface area contributed by atoms with Gasteiger partial charge in [-0.05, 0) is 35.7 Å². The summed E-state index contributed by atoms with van der Waals surface area (Å²) < 4.78 is 15.3. The summed E-state index contributed by atoms with van der Waals surface area (Å²) in [5.74, 6) is 0.714. The largest absolute Gasteiger partial charge is 0.352 e. The predicted molar refractivity (Wildman–Crippen MR) is 99.1 cm³/mol. The minimum atomic E-state index is -0.208. The Balaban J connectivity index is 1.37. The molecule has 1 aromatic carbocycles. The number of nitrogens with zero attached hydrogens (tertiary/aromatic N) is 6. The molecule has 0 bridgehead atoms. The van der Waals surface area contributed by atoms with Crippen molar-refractivity contribution in [3.8, 4) is 0 Å². The number of anilines is 1. The second kappa shape index (κ2) is 7.30. The number of rotatable bonds is 4. The monoisotopic (exact) mass is 368 g/mol. The standard InChI is InChI=1S/C19H21FN6O/c1-2-15-11-14(3-4-16(15)20)12-19(27)25-9-7-24(8-10-25)18-6-5-17-22-21-13-26(17)23-18/h3-6,11,13H,2,7-10,12H2,1H3. The van der Waals surface area contributed by atoms with Crippen LogP contribution in [0.3, 0.4) is 0 Å². The molecule has 0 spiro atoms. The lowest BCUT2D eigenvalue weighted by Crippen LogP contribution is -2.49. The van der Waals surface area contributed by atoms with E-state index in [1.807, 2.05) is 24.0 Å². The summed E-state index contributed by atoms with van der Waals surface area (Å²) in [7, 11) is 0. The summed E-state index contributed by atoms with van der Waals surface area (Å²) in [5, 5.41) is 12.3. The number of carbonyl (C=O) groups excluding carboxylic acids is 1. The highest BCUT2D eigenvalue weighted by molar-refractivity contribution is 5.79. The van der Waals surface area contributed by atoms with Crippen molar-refractivity contribution < 1.29 is 9.18 Å². The number of aromatic nitrogens is 4. The van der Waals surface area contributed by atoms with Gasteiger partial charge in [0.1, 0.15) is 18.0 Å². The van der Waals surface area contributed by atoms with Crippen molar-refractivity contribution in [1.29, 1.82) is 0 Å². The SMILES string of the molecule is CCc1cc(CC(=O)N2CCN(c3ccc4nncn4n3)CC2)ccc1F. The van der Waals surface area contributed by atoms with Gasteiger partial charge in [0.15, 0.2) is 5.65 Å². The van der Waals surface area contributed by atoms with E-state index < -0.39 is 0 Å². The first-order chi connectivity index (χ1) is 13.1. The van der Waals surface area contributed by atoms with Gasteiger partial charge in [-0.3, -0.25) is 4.79 Å². The van der Waals surface area contributed by atoms with Crippen LogP contribution in [0.1, 0.15) is 18.1 Å². The van der Waals surface area contributed by atoms with E-state index in [9.17, 15) is 9.18 Å². The lowest BCUT2D eigenvalue weighted by molar-refractivity contribution is -0.130. The average Bonchev–Trinajstić information content (AvgIpc) is 3.17. The summed E-state index contributed by atoms with van der Waals surface area (Å²) in [5.41, 5.74) is 2.22. The van der Waals surface area contributed by atoms with Crippen LogP contribution in [0.25, 0.3) is 5.65 Å². The van der Waals surface area contributed by atoms with Crippen molar-refractivity contribution in [3.05, 3.63) is 53.6 Å². The van der Waals surface area contributed by atoms with Crippen LogP contribution in [-0.4, -0.2) is 56.8 Å². The zero-order valence-corrected chi connectivity index (χ0v) is 15.2. The van der Waals surface area contributed by atoms with E-state index in [2.05, 4.69) is 20.2 Å². The summed E-state index contributed by atoms with van der Waals surface area (Å²) in [6.45, 7) is 4.63. The third-order valence-electron chi connectivity index (χ3n) is 4.95. The highest BCUT2D eigenvalue weighted by Gasteiger charge is 2.22. The molecule has 1 aliphatic rings. The van der Waals surface area contributed by atoms with Crippen LogP contribution < -0.4 is 4.90 Å². The topological polar surface area (TPSA) is 66.6 Å². The molecule has 7 nitrogen and oxygen atoms in total.